The summed E-state index contributed by atoms with van der Waals surface area (Å²) in [6, 6.07) is 9.88. The zero-order valence-corrected chi connectivity index (χ0v) is 16.6. The van der Waals surface area contributed by atoms with Crippen molar-refractivity contribution in [2.45, 2.75) is 12.1 Å². The number of benzene rings is 2. The molecule has 150 valence electrons. The van der Waals surface area contributed by atoms with E-state index in [1.165, 1.54) is 39.6 Å². The van der Waals surface area contributed by atoms with Gasteiger partial charge in [-0.25, -0.2) is 9.03 Å². The van der Waals surface area contributed by atoms with E-state index in [1.54, 1.807) is 10.8 Å². The maximum atomic E-state index is 13.7. The molecule has 1 amide bonds. The third-order valence-electron chi connectivity index (χ3n) is 4.24. The molecule has 0 spiro atoms. The molecule has 1 N–H and O–H groups in total. The molecular formula is C17H13F2N4O4PS. The lowest BCUT2D eigenvalue weighted by Crippen LogP contribution is -2.29. The Morgan fingerprint density at radius 2 is 2.03 bits per heavy atom. The molecule has 0 radical (unpaired) electrons. The number of nitroso groups, excluding NO2 is 1. The maximum absolute atomic E-state index is 13.7. The van der Waals surface area contributed by atoms with Gasteiger partial charge in [-0.2, -0.15) is 22.5 Å². The number of nitrogens with one attached hydrogen (secondary N) is 1. The number of rotatable bonds is 5. The highest BCUT2D eigenvalue weighted by atomic mass is 32.2. The van der Waals surface area contributed by atoms with Gasteiger partial charge in [-0.3, -0.25) is 4.79 Å². The molecule has 1 atom stereocenters. The highest BCUT2D eigenvalue weighted by molar-refractivity contribution is 7.92. The monoisotopic (exact) mass is 438 g/mol. The summed E-state index contributed by atoms with van der Waals surface area (Å²) >= 11 is 0. The fourth-order valence-electron chi connectivity index (χ4n) is 3.00. The fourth-order valence-corrected chi connectivity index (χ4v) is 4.40. The summed E-state index contributed by atoms with van der Waals surface area (Å²) in [4.78, 5) is 22.7. The average molecular weight is 438 g/mol. The van der Waals surface area contributed by atoms with Gasteiger partial charge in [0.25, 0.3) is 11.6 Å². The second-order valence-corrected chi connectivity index (χ2v) is 8.52. The number of nitriles is 1. The van der Waals surface area contributed by atoms with Crippen LogP contribution in [-0.4, -0.2) is 20.9 Å². The lowest BCUT2D eigenvalue weighted by atomic mass is 9.96. The molecule has 12 heteroatoms. The predicted molar refractivity (Wildman–Crippen MR) is 104 cm³/mol. The quantitative estimate of drug-likeness (QED) is 0.569. The average Bonchev–Trinajstić information content (AvgIpc) is 2.92. The van der Waals surface area contributed by atoms with E-state index in [2.05, 4.69) is 5.18 Å². The molecule has 8 nitrogen and oxygen atoms in total. The largest absolute Gasteiger partial charge is 0.326 e. The van der Waals surface area contributed by atoms with Crippen LogP contribution < -0.4 is 9.03 Å². The Kier molecular flexibility index (Phi) is 5.34. The molecule has 1 saturated heterocycles. The molecule has 1 unspecified atom stereocenters. The summed E-state index contributed by atoms with van der Waals surface area (Å²) in [6.45, 7) is -0.492. The predicted octanol–water partition coefficient (Wildman–Crippen LogP) is 2.65. The molecule has 0 saturated carbocycles. The van der Waals surface area contributed by atoms with Gasteiger partial charge in [0.15, 0.2) is 0 Å². The van der Waals surface area contributed by atoms with Crippen LogP contribution in [0.4, 0.5) is 20.2 Å². The zero-order valence-electron chi connectivity index (χ0n) is 14.6. The van der Waals surface area contributed by atoms with Crippen LogP contribution in [0.1, 0.15) is 22.3 Å². The molecule has 1 fully saturated rings. The van der Waals surface area contributed by atoms with Gasteiger partial charge in [-0.1, -0.05) is 33.5 Å². The zero-order chi connectivity index (χ0) is 21.4. The van der Waals surface area contributed by atoms with E-state index in [-0.39, 0.29) is 23.4 Å². The van der Waals surface area contributed by atoms with Gasteiger partial charge in [0.2, 0.25) is 0 Å². The van der Waals surface area contributed by atoms with Crippen LogP contribution in [0.3, 0.4) is 0 Å². The Bertz CT molecular complexity index is 1160. The van der Waals surface area contributed by atoms with Crippen molar-refractivity contribution in [3.05, 3.63) is 63.6 Å². The third kappa shape index (κ3) is 4.09. The Morgan fingerprint density at radius 1 is 1.31 bits per heavy atom. The summed E-state index contributed by atoms with van der Waals surface area (Å²) in [5, 5.41) is 12.2. The van der Waals surface area contributed by atoms with Gasteiger partial charge < -0.3 is 0 Å². The third-order valence-corrected chi connectivity index (χ3v) is 5.95. The number of hydrogen-bond acceptors (Lipinski definition) is 6. The van der Waals surface area contributed by atoms with Gasteiger partial charge in [-0.15, -0.1) is 4.91 Å². The van der Waals surface area contributed by atoms with Gasteiger partial charge in [0, 0.05) is 5.56 Å². The number of alkyl halides is 2. The standard InChI is InChI=1S/C17H13F2N4O4PS/c18-17(19,28)13-3-1-2-11(12(13)8-20)6-10-4-5-15(14(7-10)21-25)23-9-16(24)22-29(23,26)27/h1-5,7H,6,9,28H2,(H,22,24). The minimum absolute atomic E-state index is 0.0320. The molecule has 1 aliphatic rings. The van der Waals surface area contributed by atoms with E-state index in [4.69, 9.17) is 0 Å². The Balaban J connectivity index is 2.00. The lowest BCUT2D eigenvalue weighted by molar-refractivity contribution is -0.117. The molecule has 3 rings (SSSR count). The van der Waals surface area contributed by atoms with E-state index >= 15 is 0 Å². The van der Waals surface area contributed by atoms with E-state index in [0.29, 0.717) is 15.4 Å². The van der Waals surface area contributed by atoms with Crippen molar-refractivity contribution >= 4 is 36.7 Å². The molecule has 1 aliphatic heterocycles. The normalized spacial score (nSPS) is 15.7. The SMILES string of the molecule is N#Cc1c(Cc2ccc(N3CC(=O)NS3(=O)=O)c(N=O)c2)cccc1C(F)(F)P. The first-order chi connectivity index (χ1) is 13.6. The Hall–Kier alpha value is -2.96. The Morgan fingerprint density at radius 3 is 2.59 bits per heavy atom. The minimum Gasteiger partial charge on any atom is -0.272 e. The first kappa shape index (κ1) is 20.8. The molecule has 2 aromatic carbocycles. The van der Waals surface area contributed by atoms with Crippen LogP contribution >= 0.6 is 9.24 Å². The molecule has 2 aromatic rings. The number of amides is 1. The van der Waals surface area contributed by atoms with Crippen LogP contribution in [0.5, 0.6) is 0 Å². The van der Waals surface area contributed by atoms with Crippen LogP contribution in [-0.2, 0) is 27.1 Å². The number of halogens is 2. The highest BCUT2D eigenvalue weighted by Gasteiger charge is 2.35. The van der Waals surface area contributed by atoms with E-state index < -0.39 is 33.9 Å². The van der Waals surface area contributed by atoms with Crippen LogP contribution in [0.25, 0.3) is 0 Å². The number of carbonyl (C=O) groups excluding carboxylic acids is 1. The Labute approximate surface area is 166 Å². The first-order valence-corrected chi connectivity index (χ1v) is 10.1. The van der Waals surface area contributed by atoms with Crippen molar-refractivity contribution in [1.29, 1.82) is 5.26 Å². The van der Waals surface area contributed by atoms with E-state index in [0.717, 1.165) is 6.07 Å². The van der Waals surface area contributed by atoms with Gasteiger partial charge >= 0.3 is 10.2 Å². The van der Waals surface area contributed by atoms with Crippen molar-refractivity contribution < 1.29 is 22.0 Å². The molecule has 0 aliphatic carbocycles. The van der Waals surface area contributed by atoms with Crippen LogP contribution in [0, 0.1) is 16.2 Å². The number of carbonyl (C=O) groups is 1. The first-order valence-electron chi connectivity index (χ1n) is 8.05. The lowest BCUT2D eigenvalue weighted by Gasteiger charge is -2.17. The van der Waals surface area contributed by atoms with Crippen LogP contribution in [0.15, 0.2) is 41.6 Å². The van der Waals surface area contributed by atoms with Crippen molar-refractivity contribution in [2.75, 3.05) is 10.8 Å². The van der Waals surface area contributed by atoms with Crippen molar-refractivity contribution in [3.63, 3.8) is 0 Å². The smallest absolute Gasteiger partial charge is 0.272 e. The molecule has 0 bridgehead atoms. The molecule has 0 aromatic heterocycles. The van der Waals surface area contributed by atoms with E-state index in [9.17, 15) is 32.2 Å². The molecular weight excluding hydrogens is 425 g/mol. The van der Waals surface area contributed by atoms with Crippen molar-refractivity contribution in [2.24, 2.45) is 5.18 Å². The minimum atomic E-state index is -4.12. The van der Waals surface area contributed by atoms with Gasteiger partial charge in [-0.05, 0) is 34.9 Å². The number of nitrogens with zero attached hydrogens (tertiary/aromatic N) is 3. The topological polar surface area (TPSA) is 120 Å². The second kappa shape index (κ2) is 7.46. The van der Waals surface area contributed by atoms with E-state index in [1.807, 2.05) is 0 Å². The van der Waals surface area contributed by atoms with Crippen molar-refractivity contribution in [3.8, 4) is 6.07 Å². The maximum Gasteiger partial charge on any atom is 0.326 e. The molecule has 29 heavy (non-hydrogen) atoms. The highest BCUT2D eigenvalue weighted by Crippen LogP contribution is 2.38. The summed E-state index contributed by atoms with van der Waals surface area (Å²) in [7, 11) is -2.73. The van der Waals surface area contributed by atoms with Crippen LogP contribution in [0.2, 0.25) is 0 Å². The summed E-state index contributed by atoms with van der Waals surface area (Å²) < 4.78 is 53.9. The summed E-state index contributed by atoms with van der Waals surface area (Å²) in [5.74, 6) is -0.750. The van der Waals surface area contributed by atoms with Gasteiger partial charge in [0.1, 0.15) is 12.2 Å². The number of anilines is 1. The molecule has 1 heterocycles. The summed E-state index contributed by atoms with van der Waals surface area (Å²) in [6.07, 6.45) is 0.0320. The summed E-state index contributed by atoms with van der Waals surface area (Å²) in [5.41, 5.74) is -3.50. The van der Waals surface area contributed by atoms with Gasteiger partial charge in [0.05, 0.1) is 17.3 Å². The second-order valence-electron chi connectivity index (χ2n) is 6.20. The number of hydrogen-bond donors (Lipinski definition) is 1. The fraction of sp³-hybridized carbons (Fsp3) is 0.176. The van der Waals surface area contributed by atoms with Crippen molar-refractivity contribution in [1.82, 2.24) is 4.72 Å².